The van der Waals surface area contributed by atoms with E-state index in [0.717, 1.165) is 6.04 Å². The second kappa shape index (κ2) is 6.62. The number of hydrogen-bond donors (Lipinski definition) is 0. The maximum absolute atomic E-state index is 2.71. The van der Waals surface area contributed by atoms with Gasteiger partial charge in [0.15, 0.2) is 0 Å². The first-order valence-corrected chi connectivity index (χ1v) is 8.73. The molecule has 110 valence electrons. The average molecular weight is 385 g/mol. The Labute approximate surface area is 136 Å². The smallest absolute Gasteiger partial charge is 0.0376 e. The Bertz CT molecular complexity index is 435. The van der Waals surface area contributed by atoms with Gasteiger partial charge in [0.25, 0.3) is 0 Å². The molecule has 2 heterocycles. The topological polar surface area (TPSA) is 9.72 Å². The van der Waals surface area contributed by atoms with E-state index in [1.165, 1.54) is 61.4 Å². The molecule has 0 spiro atoms. The third kappa shape index (κ3) is 3.46. The van der Waals surface area contributed by atoms with Gasteiger partial charge in [-0.25, -0.2) is 0 Å². The van der Waals surface area contributed by atoms with Crippen molar-refractivity contribution in [2.24, 2.45) is 0 Å². The Morgan fingerprint density at radius 3 is 2.35 bits per heavy atom. The average Bonchev–Trinajstić information content (AvgIpc) is 2.48. The molecule has 0 saturated carbocycles. The molecule has 3 rings (SSSR count). The number of likely N-dealkylation sites (N-methyl/N-ethyl adjacent to an activating group) is 1. The maximum Gasteiger partial charge on any atom is 0.0376 e. The van der Waals surface area contributed by atoms with Crippen molar-refractivity contribution in [2.75, 3.05) is 51.2 Å². The summed E-state index contributed by atoms with van der Waals surface area (Å²) < 4.78 is 1.33. The van der Waals surface area contributed by atoms with Crippen LogP contribution >= 0.6 is 22.6 Å². The van der Waals surface area contributed by atoms with Crippen LogP contribution in [0.1, 0.15) is 12.8 Å². The summed E-state index contributed by atoms with van der Waals surface area (Å²) in [6, 6.07) is 9.70. The highest BCUT2D eigenvalue weighted by Gasteiger charge is 2.26. The van der Waals surface area contributed by atoms with Gasteiger partial charge in [0.2, 0.25) is 0 Å². The molecule has 0 radical (unpaired) electrons. The van der Waals surface area contributed by atoms with Gasteiger partial charge >= 0.3 is 0 Å². The number of piperidine rings is 1. The minimum absolute atomic E-state index is 0.808. The SMILES string of the molecule is CN1CCN(C2CCN(c3cccc(I)c3)CC2)CC1. The summed E-state index contributed by atoms with van der Waals surface area (Å²) in [6.07, 6.45) is 2.63. The van der Waals surface area contributed by atoms with Gasteiger partial charge in [0.05, 0.1) is 0 Å². The lowest BCUT2D eigenvalue weighted by atomic mass is 10.0. The summed E-state index contributed by atoms with van der Waals surface area (Å²) in [6.45, 7) is 7.39. The molecule has 1 aromatic rings. The van der Waals surface area contributed by atoms with Crippen LogP contribution in [-0.2, 0) is 0 Å². The van der Waals surface area contributed by atoms with Gasteiger partial charge in [0.1, 0.15) is 0 Å². The molecule has 2 aliphatic heterocycles. The molecule has 2 saturated heterocycles. The summed E-state index contributed by atoms with van der Waals surface area (Å²) in [7, 11) is 2.23. The number of benzene rings is 1. The second-order valence-electron chi connectivity index (χ2n) is 6.04. The van der Waals surface area contributed by atoms with E-state index in [1.807, 2.05) is 0 Å². The fraction of sp³-hybridized carbons (Fsp3) is 0.625. The third-order valence-corrected chi connectivity index (χ3v) is 5.36. The molecule has 1 aromatic carbocycles. The van der Waals surface area contributed by atoms with Crippen LogP contribution in [0.4, 0.5) is 5.69 Å². The zero-order chi connectivity index (χ0) is 13.9. The molecular weight excluding hydrogens is 361 g/mol. The standard InChI is InChI=1S/C16H24IN3/c1-18-9-11-20(12-10-18)15-5-7-19(8-6-15)16-4-2-3-14(17)13-16/h2-4,13,15H,5-12H2,1H3. The first-order valence-electron chi connectivity index (χ1n) is 7.65. The van der Waals surface area contributed by atoms with E-state index in [4.69, 9.17) is 0 Å². The predicted molar refractivity (Wildman–Crippen MR) is 93.5 cm³/mol. The van der Waals surface area contributed by atoms with E-state index in [1.54, 1.807) is 0 Å². The lowest BCUT2D eigenvalue weighted by Crippen LogP contribution is -2.52. The van der Waals surface area contributed by atoms with Gasteiger partial charge in [-0.2, -0.15) is 0 Å². The van der Waals surface area contributed by atoms with Crippen molar-refractivity contribution < 1.29 is 0 Å². The van der Waals surface area contributed by atoms with Gasteiger partial charge in [-0.1, -0.05) is 6.07 Å². The number of hydrogen-bond acceptors (Lipinski definition) is 3. The largest absolute Gasteiger partial charge is 0.371 e. The molecule has 0 aromatic heterocycles. The molecule has 0 N–H and O–H groups in total. The Balaban J connectivity index is 1.54. The first kappa shape index (κ1) is 14.6. The molecule has 0 bridgehead atoms. The van der Waals surface area contributed by atoms with E-state index in [-0.39, 0.29) is 0 Å². The molecule has 0 aliphatic carbocycles. The fourth-order valence-electron chi connectivity index (χ4n) is 3.35. The predicted octanol–water partition coefficient (Wildman–Crippen LogP) is 2.51. The van der Waals surface area contributed by atoms with Crippen molar-refractivity contribution in [1.29, 1.82) is 0 Å². The molecular formula is C16H24IN3. The van der Waals surface area contributed by atoms with Crippen molar-refractivity contribution in [2.45, 2.75) is 18.9 Å². The fourth-order valence-corrected chi connectivity index (χ4v) is 3.88. The molecule has 2 fully saturated rings. The lowest BCUT2D eigenvalue weighted by Gasteiger charge is -2.42. The minimum Gasteiger partial charge on any atom is -0.371 e. The molecule has 0 amide bonds. The molecule has 0 atom stereocenters. The van der Waals surface area contributed by atoms with Crippen molar-refractivity contribution in [3.8, 4) is 0 Å². The quantitative estimate of drug-likeness (QED) is 0.725. The highest BCUT2D eigenvalue weighted by Crippen LogP contribution is 2.24. The van der Waals surface area contributed by atoms with Crippen LogP contribution in [0, 0.1) is 3.57 Å². The van der Waals surface area contributed by atoms with Crippen LogP contribution in [0.2, 0.25) is 0 Å². The molecule has 2 aliphatic rings. The summed E-state index contributed by atoms with van der Waals surface area (Å²) >= 11 is 2.40. The zero-order valence-electron chi connectivity index (χ0n) is 12.3. The van der Waals surface area contributed by atoms with Crippen LogP contribution in [0.5, 0.6) is 0 Å². The monoisotopic (exact) mass is 385 g/mol. The van der Waals surface area contributed by atoms with Crippen molar-refractivity contribution in [3.63, 3.8) is 0 Å². The van der Waals surface area contributed by atoms with Gasteiger partial charge in [-0.15, -0.1) is 0 Å². The van der Waals surface area contributed by atoms with Crippen LogP contribution in [0.25, 0.3) is 0 Å². The van der Waals surface area contributed by atoms with E-state index in [2.05, 4.69) is 68.6 Å². The number of piperazine rings is 1. The second-order valence-corrected chi connectivity index (χ2v) is 7.28. The molecule has 0 unspecified atom stereocenters. The van der Waals surface area contributed by atoms with Crippen molar-refractivity contribution in [1.82, 2.24) is 9.80 Å². The molecule has 4 heteroatoms. The first-order chi connectivity index (χ1) is 9.72. The van der Waals surface area contributed by atoms with E-state index < -0.39 is 0 Å². The van der Waals surface area contributed by atoms with E-state index in [0.29, 0.717) is 0 Å². The molecule has 3 nitrogen and oxygen atoms in total. The van der Waals surface area contributed by atoms with Gasteiger partial charge in [-0.3, -0.25) is 4.90 Å². The van der Waals surface area contributed by atoms with Crippen LogP contribution < -0.4 is 4.90 Å². The normalized spacial score (nSPS) is 23.2. The summed E-state index contributed by atoms with van der Waals surface area (Å²) in [4.78, 5) is 7.71. The van der Waals surface area contributed by atoms with Crippen molar-refractivity contribution in [3.05, 3.63) is 27.8 Å². The minimum atomic E-state index is 0.808. The Morgan fingerprint density at radius 1 is 1.00 bits per heavy atom. The maximum atomic E-state index is 2.71. The zero-order valence-corrected chi connectivity index (χ0v) is 14.4. The number of halogens is 1. The Hall–Kier alpha value is -0.330. The number of nitrogens with zero attached hydrogens (tertiary/aromatic N) is 3. The van der Waals surface area contributed by atoms with Crippen LogP contribution in [0.3, 0.4) is 0 Å². The third-order valence-electron chi connectivity index (χ3n) is 4.69. The summed E-state index contributed by atoms with van der Waals surface area (Å²) in [5.41, 5.74) is 1.40. The summed E-state index contributed by atoms with van der Waals surface area (Å²) in [5, 5.41) is 0. The lowest BCUT2D eigenvalue weighted by molar-refractivity contribution is 0.0982. The van der Waals surface area contributed by atoms with E-state index in [9.17, 15) is 0 Å². The van der Waals surface area contributed by atoms with Crippen LogP contribution in [-0.4, -0.2) is 62.2 Å². The Kier molecular flexibility index (Phi) is 4.83. The van der Waals surface area contributed by atoms with E-state index >= 15 is 0 Å². The van der Waals surface area contributed by atoms with Crippen molar-refractivity contribution >= 4 is 28.3 Å². The van der Waals surface area contributed by atoms with Gasteiger partial charge in [0, 0.05) is 54.6 Å². The highest BCUT2D eigenvalue weighted by molar-refractivity contribution is 14.1. The number of anilines is 1. The number of rotatable bonds is 2. The summed E-state index contributed by atoms with van der Waals surface area (Å²) in [5.74, 6) is 0. The highest BCUT2D eigenvalue weighted by atomic mass is 127. The van der Waals surface area contributed by atoms with Crippen LogP contribution in [0.15, 0.2) is 24.3 Å². The molecule has 20 heavy (non-hydrogen) atoms. The Morgan fingerprint density at radius 2 is 1.70 bits per heavy atom. The van der Waals surface area contributed by atoms with Gasteiger partial charge in [-0.05, 0) is 60.7 Å². The van der Waals surface area contributed by atoms with Gasteiger partial charge < -0.3 is 9.80 Å².